The van der Waals surface area contributed by atoms with Crippen molar-refractivity contribution in [2.75, 3.05) is 20.8 Å². The zero-order chi connectivity index (χ0) is 15.1. The molecule has 0 aromatic heterocycles. The van der Waals surface area contributed by atoms with Gasteiger partial charge in [-0.3, -0.25) is 0 Å². The number of methoxy groups -OCH3 is 2. The van der Waals surface area contributed by atoms with E-state index in [1.165, 1.54) is 0 Å². The highest BCUT2D eigenvalue weighted by molar-refractivity contribution is 5.79. The molecule has 0 aliphatic carbocycles. The molecule has 0 radical (unpaired) electrons. The first-order valence-electron chi connectivity index (χ1n) is 7.25. The Labute approximate surface area is 126 Å². The maximum absolute atomic E-state index is 5.94. The first-order chi connectivity index (χ1) is 10.3. The summed E-state index contributed by atoms with van der Waals surface area (Å²) < 4.78 is 16.9. The van der Waals surface area contributed by atoms with Gasteiger partial charge in [0.15, 0.2) is 11.5 Å². The average Bonchev–Trinajstić information content (AvgIpc) is 2.55. The van der Waals surface area contributed by atoms with Crippen molar-refractivity contribution in [2.45, 2.75) is 19.8 Å². The average molecular weight is 286 g/mol. The molecule has 0 heterocycles. The summed E-state index contributed by atoms with van der Waals surface area (Å²) in [5, 5.41) is 0. The van der Waals surface area contributed by atoms with Gasteiger partial charge in [0.1, 0.15) is 5.75 Å². The van der Waals surface area contributed by atoms with E-state index in [9.17, 15) is 0 Å². The monoisotopic (exact) mass is 286 g/mol. The normalized spacial score (nSPS) is 10.2. The molecule has 0 atom stereocenters. The van der Waals surface area contributed by atoms with Crippen LogP contribution in [0.15, 0.2) is 42.5 Å². The van der Waals surface area contributed by atoms with Crippen molar-refractivity contribution in [1.29, 1.82) is 0 Å². The molecular weight excluding hydrogens is 264 g/mol. The summed E-state index contributed by atoms with van der Waals surface area (Å²) in [6.07, 6.45) is 2.14. The van der Waals surface area contributed by atoms with E-state index in [4.69, 9.17) is 14.2 Å². The zero-order valence-corrected chi connectivity index (χ0v) is 12.9. The number of rotatable bonds is 7. The molecule has 0 saturated heterocycles. The van der Waals surface area contributed by atoms with Crippen LogP contribution in [-0.2, 0) is 0 Å². The summed E-state index contributed by atoms with van der Waals surface area (Å²) in [6, 6.07) is 13.9. The SMILES string of the molecule is CCCCOc1ccc(OC)c(OC)c1-c1ccccc1. The van der Waals surface area contributed by atoms with E-state index in [1.54, 1.807) is 14.2 Å². The third kappa shape index (κ3) is 3.48. The molecular formula is C18H22O3. The van der Waals surface area contributed by atoms with E-state index in [0.29, 0.717) is 18.1 Å². The van der Waals surface area contributed by atoms with Crippen molar-refractivity contribution in [3.05, 3.63) is 42.5 Å². The van der Waals surface area contributed by atoms with Gasteiger partial charge in [-0.05, 0) is 24.1 Å². The van der Waals surface area contributed by atoms with Gasteiger partial charge in [-0.1, -0.05) is 43.7 Å². The minimum atomic E-state index is 0.700. The van der Waals surface area contributed by atoms with E-state index in [-0.39, 0.29) is 0 Å². The Morgan fingerprint density at radius 2 is 1.57 bits per heavy atom. The third-order valence-electron chi connectivity index (χ3n) is 3.33. The maximum Gasteiger partial charge on any atom is 0.172 e. The van der Waals surface area contributed by atoms with Crippen LogP contribution in [-0.4, -0.2) is 20.8 Å². The molecule has 2 aromatic rings. The molecule has 2 aromatic carbocycles. The predicted octanol–water partition coefficient (Wildman–Crippen LogP) is 4.55. The van der Waals surface area contributed by atoms with Gasteiger partial charge in [0.25, 0.3) is 0 Å². The summed E-state index contributed by atoms with van der Waals surface area (Å²) in [5.74, 6) is 2.24. The molecule has 0 saturated carbocycles. The fraction of sp³-hybridized carbons (Fsp3) is 0.333. The fourth-order valence-electron chi connectivity index (χ4n) is 2.23. The number of hydrogen-bond donors (Lipinski definition) is 0. The lowest BCUT2D eigenvalue weighted by molar-refractivity contribution is 0.305. The molecule has 0 N–H and O–H groups in total. The van der Waals surface area contributed by atoms with Crippen molar-refractivity contribution in [1.82, 2.24) is 0 Å². The van der Waals surface area contributed by atoms with Crippen molar-refractivity contribution in [3.8, 4) is 28.4 Å². The van der Waals surface area contributed by atoms with Crippen LogP contribution in [0.4, 0.5) is 0 Å². The van der Waals surface area contributed by atoms with Crippen LogP contribution in [0.5, 0.6) is 17.2 Å². The Hall–Kier alpha value is -2.16. The number of benzene rings is 2. The van der Waals surface area contributed by atoms with Gasteiger partial charge in [0, 0.05) is 0 Å². The number of unbranched alkanes of at least 4 members (excludes halogenated alkanes) is 1. The first kappa shape index (κ1) is 15.2. The minimum Gasteiger partial charge on any atom is -0.493 e. The molecule has 0 fully saturated rings. The molecule has 0 spiro atoms. The summed E-state index contributed by atoms with van der Waals surface area (Å²) in [7, 11) is 3.30. The second kappa shape index (κ2) is 7.58. The molecule has 2 rings (SSSR count). The second-order valence-electron chi connectivity index (χ2n) is 4.74. The Kier molecular flexibility index (Phi) is 5.50. The van der Waals surface area contributed by atoms with Gasteiger partial charge >= 0.3 is 0 Å². The Bertz CT molecular complexity index is 564. The van der Waals surface area contributed by atoms with Gasteiger partial charge in [0.2, 0.25) is 0 Å². The van der Waals surface area contributed by atoms with Gasteiger partial charge in [-0.2, -0.15) is 0 Å². The molecule has 0 amide bonds. The van der Waals surface area contributed by atoms with E-state index in [2.05, 4.69) is 6.92 Å². The van der Waals surface area contributed by atoms with Gasteiger partial charge in [-0.25, -0.2) is 0 Å². The summed E-state index contributed by atoms with van der Waals surface area (Å²) in [4.78, 5) is 0. The van der Waals surface area contributed by atoms with E-state index in [1.807, 2.05) is 42.5 Å². The molecule has 0 bridgehead atoms. The summed E-state index contributed by atoms with van der Waals surface area (Å²) in [6.45, 7) is 2.85. The summed E-state index contributed by atoms with van der Waals surface area (Å²) >= 11 is 0. The topological polar surface area (TPSA) is 27.7 Å². The molecule has 0 aliphatic heterocycles. The van der Waals surface area contributed by atoms with Crippen LogP contribution in [0.3, 0.4) is 0 Å². The highest BCUT2D eigenvalue weighted by atomic mass is 16.5. The van der Waals surface area contributed by atoms with Crippen molar-refractivity contribution < 1.29 is 14.2 Å². The number of ether oxygens (including phenoxy) is 3. The van der Waals surface area contributed by atoms with Crippen LogP contribution in [0, 0.1) is 0 Å². The molecule has 3 heteroatoms. The van der Waals surface area contributed by atoms with Crippen LogP contribution >= 0.6 is 0 Å². The quantitative estimate of drug-likeness (QED) is 0.699. The van der Waals surface area contributed by atoms with Crippen molar-refractivity contribution in [2.24, 2.45) is 0 Å². The van der Waals surface area contributed by atoms with Crippen molar-refractivity contribution in [3.63, 3.8) is 0 Å². The molecule has 3 nitrogen and oxygen atoms in total. The van der Waals surface area contributed by atoms with Crippen molar-refractivity contribution >= 4 is 0 Å². The van der Waals surface area contributed by atoms with Gasteiger partial charge < -0.3 is 14.2 Å². The second-order valence-corrected chi connectivity index (χ2v) is 4.74. The van der Waals surface area contributed by atoms with Crippen LogP contribution in [0.2, 0.25) is 0 Å². The smallest absolute Gasteiger partial charge is 0.172 e. The first-order valence-corrected chi connectivity index (χ1v) is 7.25. The van der Waals surface area contributed by atoms with Gasteiger partial charge in [-0.15, -0.1) is 0 Å². The largest absolute Gasteiger partial charge is 0.493 e. The number of hydrogen-bond acceptors (Lipinski definition) is 3. The predicted molar refractivity (Wildman–Crippen MR) is 85.4 cm³/mol. The lowest BCUT2D eigenvalue weighted by atomic mass is 10.0. The minimum absolute atomic E-state index is 0.700. The Balaban J connectivity index is 2.49. The van der Waals surface area contributed by atoms with Crippen LogP contribution in [0.25, 0.3) is 11.1 Å². The molecule has 0 aliphatic rings. The van der Waals surface area contributed by atoms with Crippen LogP contribution < -0.4 is 14.2 Å². The highest BCUT2D eigenvalue weighted by Gasteiger charge is 2.17. The third-order valence-corrected chi connectivity index (χ3v) is 3.33. The van der Waals surface area contributed by atoms with E-state index < -0.39 is 0 Å². The van der Waals surface area contributed by atoms with Gasteiger partial charge in [0.05, 0.1) is 26.4 Å². The Morgan fingerprint density at radius 1 is 0.857 bits per heavy atom. The lowest BCUT2D eigenvalue weighted by Gasteiger charge is -2.17. The molecule has 21 heavy (non-hydrogen) atoms. The Morgan fingerprint density at radius 3 is 2.19 bits per heavy atom. The maximum atomic E-state index is 5.94. The lowest BCUT2D eigenvalue weighted by Crippen LogP contribution is -2.01. The standard InChI is InChI=1S/C18H22O3/c1-4-5-13-21-15-11-12-16(19-2)18(20-3)17(15)14-9-7-6-8-10-14/h6-12H,4-5,13H2,1-3H3. The fourth-order valence-corrected chi connectivity index (χ4v) is 2.23. The van der Waals surface area contributed by atoms with E-state index in [0.717, 1.165) is 29.7 Å². The molecule has 112 valence electrons. The van der Waals surface area contributed by atoms with Crippen LogP contribution in [0.1, 0.15) is 19.8 Å². The zero-order valence-electron chi connectivity index (χ0n) is 12.9. The molecule has 0 unspecified atom stereocenters. The summed E-state index contributed by atoms with van der Waals surface area (Å²) in [5.41, 5.74) is 1.99. The van der Waals surface area contributed by atoms with E-state index >= 15 is 0 Å². The highest BCUT2D eigenvalue weighted by Crippen LogP contribution is 2.44.